The molecule has 0 fully saturated rings. The molecule has 0 saturated carbocycles. The van der Waals surface area contributed by atoms with Crippen molar-refractivity contribution < 1.29 is 19.1 Å². The van der Waals surface area contributed by atoms with Gasteiger partial charge in [-0.05, 0) is 43.5 Å². The highest BCUT2D eigenvalue weighted by molar-refractivity contribution is 6.16. The third-order valence-electron chi connectivity index (χ3n) is 3.97. The van der Waals surface area contributed by atoms with Gasteiger partial charge in [-0.2, -0.15) is 0 Å². The predicted octanol–water partition coefficient (Wildman–Crippen LogP) is 3.41. The van der Waals surface area contributed by atoms with Gasteiger partial charge in [0.15, 0.2) is 0 Å². The maximum absolute atomic E-state index is 12.9. The number of benzene rings is 1. The van der Waals surface area contributed by atoms with E-state index in [-0.39, 0.29) is 12.5 Å². The lowest BCUT2D eigenvalue weighted by Crippen LogP contribution is -2.28. The van der Waals surface area contributed by atoms with Gasteiger partial charge >= 0.3 is 5.97 Å². The SMILES string of the molecule is CCOC(=O)C1=C(C)N(CC(C)C)C(=O)/C1=C\c1ccc(OC)cc1. The highest BCUT2D eigenvalue weighted by Gasteiger charge is 2.37. The van der Waals surface area contributed by atoms with Crippen LogP contribution in [0.15, 0.2) is 41.1 Å². The maximum atomic E-state index is 12.9. The number of allylic oxidation sites excluding steroid dienone is 1. The van der Waals surface area contributed by atoms with Crippen molar-refractivity contribution in [2.45, 2.75) is 27.7 Å². The van der Waals surface area contributed by atoms with Crippen LogP contribution in [0.4, 0.5) is 0 Å². The number of ether oxygens (including phenoxy) is 2. The van der Waals surface area contributed by atoms with Crippen molar-refractivity contribution in [1.82, 2.24) is 4.90 Å². The average molecular weight is 343 g/mol. The van der Waals surface area contributed by atoms with E-state index in [9.17, 15) is 9.59 Å². The monoisotopic (exact) mass is 343 g/mol. The summed E-state index contributed by atoms with van der Waals surface area (Å²) in [5, 5.41) is 0. The Morgan fingerprint density at radius 2 is 1.88 bits per heavy atom. The summed E-state index contributed by atoms with van der Waals surface area (Å²) in [7, 11) is 1.60. The van der Waals surface area contributed by atoms with Gasteiger partial charge in [-0.3, -0.25) is 4.79 Å². The van der Waals surface area contributed by atoms with Crippen LogP contribution in [0.2, 0.25) is 0 Å². The molecule has 0 spiro atoms. The quantitative estimate of drug-likeness (QED) is 0.587. The largest absolute Gasteiger partial charge is 0.497 e. The molecule has 1 aliphatic rings. The second-order valence-corrected chi connectivity index (χ2v) is 6.32. The molecule has 0 atom stereocenters. The highest BCUT2D eigenvalue weighted by Crippen LogP contribution is 2.32. The standard InChI is InChI=1S/C20H25NO4/c1-6-25-20(23)18-14(4)21(12-13(2)3)19(22)17(18)11-15-7-9-16(24-5)10-8-15/h7-11,13H,6,12H2,1-5H3/b17-11-. The average Bonchev–Trinajstić information content (AvgIpc) is 2.80. The molecule has 1 aliphatic heterocycles. The maximum Gasteiger partial charge on any atom is 0.340 e. The van der Waals surface area contributed by atoms with Crippen molar-refractivity contribution in [3.05, 3.63) is 46.7 Å². The number of hydrogen-bond donors (Lipinski definition) is 0. The van der Waals surface area contributed by atoms with Crippen LogP contribution in [-0.2, 0) is 14.3 Å². The number of esters is 1. The Hall–Kier alpha value is -2.56. The zero-order chi connectivity index (χ0) is 18.6. The van der Waals surface area contributed by atoms with Gasteiger partial charge < -0.3 is 14.4 Å². The van der Waals surface area contributed by atoms with E-state index in [1.165, 1.54) is 0 Å². The lowest BCUT2D eigenvalue weighted by molar-refractivity contribution is -0.138. The predicted molar refractivity (Wildman–Crippen MR) is 96.9 cm³/mol. The zero-order valence-corrected chi connectivity index (χ0v) is 15.5. The second-order valence-electron chi connectivity index (χ2n) is 6.32. The van der Waals surface area contributed by atoms with Gasteiger partial charge in [0.05, 0.1) is 24.9 Å². The first kappa shape index (κ1) is 18.8. The molecule has 5 heteroatoms. The van der Waals surface area contributed by atoms with Crippen molar-refractivity contribution in [2.75, 3.05) is 20.3 Å². The number of amides is 1. The van der Waals surface area contributed by atoms with Crippen molar-refractivity contribution in [1.29, 1.82) is 0 Å². The van der Waals surface area contributed by atoms with Gasteiger partial charge in [-0.15, -0.1) is 0 Å². The van der Waals surface area contributed by atoms with E-state index in [2.05, 4.69) is 0 Å². The van der Waals surface area contributed by atoms with Gasteiger partial charge in [0.1, 0.15) is 5.75 Å². The van der Waals surface area contributed by atoms with Gasteiger partial charge in [0.25, 0.3) is 5.91 Å². The van der Waals surface area contributed by atoms with Gasteiger partial charge in [-0.1, -0.05) is 26.0 Å². The molecule has 1 aromatic carbocycles. The Balaban J connectivity index is 2.46. The van der Waals surface area contributed by atoms with E-state index in [0.717, 1.165) is 11.3 Å². The summed E-state index contributed by atoms with van der Waals surface area (Å²) in [6.45, 7) is 8.45. The minimum atomic E-state index is -0.459. The highest BCUT2D eigenvalue weighted by atomic mass is 16.5. The molecule has 0 radical (unpaired) electrons. The van der Waals surface area contributed by atoms with E-state index in [4.69, 9.17) is 9.47 Å². The third-order valence-corrected chi connectivity index (χ3v) is 3.97. The Labute approximate surface area is 148 Å². The van der Waals surface area contributed by atoms with Crippen LogP contribution < -0.4 is 4.74 Å². The number of carbonyl (C=O) groups excluding carboxylic acids is 2. The molecule has 134 valence electrons. The Bertz CT molecular complexity index is 714. The summed E-state index contributed by atoms with van der Waals surface area (Å²) in [6, 6.07) is 7.33. The second kappa shape index (κ2) is 8.01. The van der Waals surface area contributed by atoms with Crippen molar-refractivity contribution >= 4 is 18.0 Å². The topological polar surface area (TPSA) is 55.8 Å². The summed E-state index contributed by atoms with van der Waals surface area (Å²) >= 11 is 0. The minimum absolute atomic E-state index is 0.162. The molecule has 0 aromatic heterocycles. The molecule has 1 aromatic rings. The van der Waals surface area contributed by atoms with Gasteiger partial charge in [-0.25, -0.2) is 4.79 Å². The Morgan fingerprint density at radius 1 is 1.24 bits per heavy atom. The van der Waals surface area contributed by atoms with Crippen LogP contribution in [-0.4, -0.2) is 37.0 Å². The molecule has 25 heavy (non-hydrogen) atoms. The van der Waals surface area contributed by atoms with Crippen LogP contribution >= 0.6 is 0 Å². The first-order valence-electron chi connectivity index (χ1n) is 8.45. The minimum Gasteiger partial charge on any atom is -0.497 e. The summed E-state index contributed by atoms with van der Waals surface area (Å²) in [4.78, 5) is 27.0. The van der Waals surface area contributed by atoms with Crippen LogP contribution in [0.3, 0.4) is 0 Å². The first-order chi connectivity index (χ1) is 11.9. The normalized spacial score (nSPS) is 16.2. The molecule has 1 heterocycles. The van der Waals surface area contributed by atoms with Crippen LogP contribution in [0.1, 0.15) is 33.3 Å². The lowest BCUT2D eigenvalue weighted by atomic mass is 10.0. The van der Waals surface area contributed by atoms with Crippen LogP contribution in [0.5, 0.6) is 5.75 Å². The fraction of sp³-hybridized carbons (Fsp3) is 0.400. The Morgan fingerprint density at radius 3 is 2.40 bits per heavy atom. The number of rotatable bonds is 6. The fourth-order valence-corrected chi connectivity index (χ4v) is 2.78. The molecule has 0 unspecified atom stereocenters. The molecule has 0 saturated heterocycles. The number of carbonyl (C=O) groups is 2. The zero-order valence-electron chi connectivity index (χ0n) is 15.5. The number of hydrogen-bond acceptors (Lipinski definition) is 4. The van der Waals surface area contributed by atoms with Crippen molar-refractivity contribution in [2.24, 2.45) is 5.92 Å². The molecule has 5 nitrogen and oxygen atoms in total. The third kappa shape index (κ3) is 4.10. The number of nitrogens with zero attached hydrogens (tertiary/aromatic N) is 1. The molecular formula is C20H25NO4. The molecule has 1 amide bonds. The van der Waals surface area contributed by atoms with Gasteiger partial charge in [0.2, 0.25) is 0 Å². The van der Waals surface area contributed by atoms with Crippen LogP contribution in [0, 0.1) is 5.92 Å². The van der Waals surface area contributed by atoms with Crippen molar-refractivity contribution in [3.63, 3.8) is 0 Å². The molecule has 0 aliphatic carbocycles. The lowest BCUT2D eigenvalue weighted by Gasteiger charge is -2.19. The molecule has 0 N–H and O–H groups in total. The molecule has 0 bridgehead atoms. The molecule has 2 rings (SSSR count). The first-order valence-corrected chi connectivity index (χ1v) is 8.45. The Kier molecular flexibility index (Phi) is 6.02. The van der Waals surface area contributed by atoms with E-state index < -0.39 is 5.97 Å². The molecular weight excluding hydrogens is 318 g/mol. The van der Waals surface area contributed by atoms with E-state index in [0.29, 0.717) is 29.3 Å². The summed E-state index contributed by atoms with van der Waals surface area (Å²) in [5.74, 6) is 0.408. The van der Waals surface area contributed by atoms with Crippen LogP contribution in [0.25, 0.3) is 6.08 Å². The fourth-order valence-electron chi connectivity index (χ4n) is 2.78. The van der Waals surface area contributed by atoms with E-state index >= 15 is 0 Å². The van der Waals surface area contributed by atoms with Crippen molar-refractivity contribution in [3.8, 4) is 5.75 Å². The van der Waals surface area contributed by atoms with E-state index in [1.54, 1.807) is 31.9 Å². The number of methoxy groups -OCH3 is 1. The van der Waals surface area contributed by atoms with Gasteiger partial charge in [0, 0.05) is 12.2 Å². The smallest absolute Gasteiger partial charge is 0.340 e. The summed E-state index contributed by atoms with van der Waals surface area (Å²) in [5.41, 5.74) is 2.20. The summed E-state index contributed by atoms with van der Waals surface area (Å²) in [6.07, 6.45) is 1.73. The summed E-state index contributed by atoms with van der Waals surface area (Å²) < 4.78 is 10.3. The van der Waals surface area contributed by atoms with E-state index in [1.807, 2.05) is 38.1 Å².